The first-order valence-corrected chi connectivity index (χ1v) is 7.66. The van der Waals surface area contributed by atoms with E-state index in [1.54, 1.807) is 19.1 Å². The lowest BCUT2D eigenvalue weighted by atomic mass is 10.1. The van der Waals surface area contributed by atoms with Gasteiger partial charge >= 0.3 is 0 Å². The number of hydrogen-bond donors (Lipinski definition) is 3. The number of hydrogen-bond acceptors (Lipinski definition) is 3. The Hall–Kier alpha value is -3.15. The third-order valence-corrected chi connectivity index (χ3v) is 3.69. The fourth-order valence-electron chi connectivity index (χ4n) is 2.29. The highest BCUT2D eigenvalue weighted by atomic mass is 16.2. The summed E-state index contributed by atoms with van der Waals surface area (Å²) in [5.74, 6) is -0.269. The molecule has 1 atom stereocenters. The number of H-pyrrole nitrogens is 1. The molecule has 24 heavy (non-hydrogen) atoms. The third kappa shape index (κ3) is 3.43. The molecular formula is C18H18N4O2. The number of fused-ring (bicyclic) bond motifs is 1. The molecule has 6 heteroatoms. The van der Waals surface area contributed by atoms with Crippen LogP contribution in [0.1, 0.15) is 22.8 Å². The fraction of sp³-hybridized carbons (Fsp3) is 0.167. The van der Waals surface area contributed by atoms with Gasteiger partial charge < -0.3 is 10.3 Å². The number of nitrogens with one attached hydrogen (secondary N) is 3. The number of nitrogens with zero attached hydrogens (tertiary/aromatic N) is 1. The van der Waals surface area contributed by atoms with Gasteiger partial charge in [-0.2, -0.15) is 0 Å². The molecule has 3 aromatic rings. The highest BCUT2D eigenvalue weighted by Gasteiger charge is 2.17. The molecule has 0 saturated carbocycles. The number of aromatic amines is 1. The van der Waals surface area contributed by atoms with Crippen molar-refractivity contribution >= 4 is 28.8 Å². The third-order valence-electron chi connectivity index (χ3n) is 3.69. The monoisotopic (exact) mass is 322 g/mol. The van der Waals surface area contributed by atoms with Gasteiger partial charge in [0, 0.05) is 5.56 Å². The average Bonchev–Trinajstić information content (AvgIpc) is 2.97. The Labute approximate surface area is 139 Å². The van der Waals surface area contributed by atoms with Crippen molar-refractivity contribution in [2.75, 3.05) is 5.32 Å². The van der Waals surface area contributed by atoms with Crippen LogP contribution in [-0.4, -0.2) is 27.8 Å². The molecule has 0 aliphatic carbocycles. The topological polar surface area (TPSA) is 86.9 Å². The highest BCUT2D eigenvalue weighted by Crippen LogP contribution is 2.13. The van der Waals surface area contributed by atoms with Crippen molar-refractivity contribution in [3.8, 4) is 0 Å². The van der Waals surface area contributed by atoms with Crippen LogP contribution >= 0.6 is 0 Å². The number of aromatic nitrogens is 2. The molecule has 3 rings (SSSR count). The molecule has 3 N–H and O–H groups in total. The Morgan fingerprint density at radius 3 is 2.50 bits per heavy atom. The molecular weight excluding hydrogens is 304 g/mol. The number of imidazole rings is 1. The van der Waals surface area contributed by atoms with Crippen LogP contribution in [0.15, 0.2) is 48.5 Å². The molecule has 0 bridgehead atoms. The maximum absolute atomic E-state index is 12.2. The van der Waals surface area contributed by atoms with E-state index in [2.05, 4.69) is 20.6 Å². The van der Waals surface area contributed by atoms with Crippen molar-refractivity contribution in [2.45, 2.75) is 19.9 Å². The zero-order valence-electron chi connectivity index (χ0n) is 13.5. The first-order valence-electron chi connectivity index (χ1n) is 7.66. The molecule has 0 saturated heterocycles. The van der Waals surface area contributed by atoms with Gasteiger partial charge in [-0.05, 0) is 38.1 Å². The van der Waals surface area contributed by atoms with Gasteiger partial charge in [-0.25, -0.2) is 4.98 Å². The van der Waals surface area contributed by atoms with E-state index in [0.29, 0.717) is 11.5 Å². The SMILES string of the molecule is Cc1ccc(C(=O)NC(C)C(=O)Nc2nc3ccccc3[nH]2)cc1. The molecule has 2 amide bonds. The van der Waals surface area contributed by atoms with Crippen LogP contribution in [0.25, 0.3) is 11.0 Å². The summed E-state index contributed by atoms with van der Waals surface area (Å²) in [5, 5.41) is 5.35. The Morgan fingerprint density at radius 1 is 1.08 bits per heavy atom. The van der Waals surface area contributed by atoms with Gasteiger partial charge in [-0.15, -0.1) is 0 Å². The van der Waals surface area contributed by atoms with E-state index in [0.717, 1.165) is 16.6 Å². The van der Waals surface area contributed by atoms with E-state index in [9.17, 15) is 9.59 Å². The number of rotatable bonds is 4. The van der Waals surface area contributed by atoms with Crippen molar-refractivity contribution in [3.63, 3.8) is 0 Å². The van der Waals surface area contributed by atoms with Crippen molar-refractivity contribution < 1.29 is 9.59 Å². The summed E-state index contributed by atoms with van der Waals surface area (Å²) in [7, 11) is 0. The Morgan fingerprint density at radius 2 is 1.79 bits per heavy atom. The number of benzene rings is 2. The molecule has 122 valence electrons. The molecule has 0 spiro atoms. The predicted molar refractivity (Wildman–Crippen MR) is 92.8 cm³/mol. The van der Waals surface area contributed by atoms with E-state index in [-0.39, 0.29) is 11.8 Å². The van der Waals surface area contributed by atoms with Gasteiger partial charge in [0.15, 0.2) is 0 Å². The fourth-order valence-corrected chi connectivity index (χ4v) is 2.29. The average molecular weight is 322 g/mol. The number of carbonyl (C=O) groups excluding carboxylic acids is 2. The van der Waals surface area contributed by atoms with Crippen LogP contribution in [0.2, 0.25) is 0 Å². The summed E-state index contributed by atoms with van der Waals surface area (Å²) in [4.78, 5) is 31.7. The van der Waals surface area contributed by atoms with Crippen LogP contribution < -0.4 is 10.6 Å². The lowest BCUT2D eigenvalue weighted by Crippen LogP contribution is -2.41. The lowest BCUT2D eigenvalue weighted by Gasteiger charge is -2.13. The van der Waals surface area contributed by atoms with Gasteiger partial charge in [0.2, 0.25) is 11.9 Å². The van der Waals surface area contributed by atoms with Gasteiger partial charge in [0.25, 0.3) is 5.91 Å². The minimum Gasteiger partial charge on any atom is -0.341 e. The van der Waals surface area contributed by atoms with E-state index in [1.807, 2.05) is 43.3 Å². The van der Waals surface area contributed by atoms with Gasteiger partial charge in [-0.3, -0.25) is 14.9 Å². The van der Waals surface area contributed by atoms with Crippen molar-refractivity contribution in [3.05, 3.63) is 59.7 Å². The first kappa shape index (κ1) is 15.7. The standard InChI is InChI=1S/C18H18N4O2/c1-11-7-9-13(10-8-11)17(24)19-12(2)16(23)22-18-20-14-5-3-4-6-15(14)21-18/h3-10,12H,1-2H3,(H,19,24)(H2,20,21,22,23). The molecule has 1 unspecified atom stereocenters. The van der Waals surface area contributed by atoms with Crippen LogP contribution in [0.5, 0.6) is 0 Å². The number of para-hydroxylation sites is 2. The number of carbonyl (C=O) groups is 2. The van der Waals surface area contributed by atoms with Crippen LogP contribution in [0, 0.1) is 6.92 Å². The normalized spacial score (nSPS) is 11.9. The summed E-state index contributed by atoms with van der Waals surface area (Å²) in [6, 6.07) is 14.0. The molecule has 2 aromatic carbocycles. The predicted octanol–water partition coefficient (Wildman–Crippen LogP) is 2.63. The zero-order valence-corrected chi connectivity index (χ0v) is 13.5. The van der Waals surface area contributed by atoms with Gasteiger partial charge in [-0.1, -0.05) is 29.8 Å². The van der Waals surface area contributed by atoms with Crippen LogP contribution in [0.3, 0.4) is 0 Å². The van der Waals surface area contributed by atoms with Crippen LogP contribution in [0.4, 0.5) is 5.95 Å². The molecule has 1 heterocycles. The number of anilines is 1. The minimum atomic E-state index is -0.688. The maximum atomic E-state index is 12.2. The summed E-state index contributed by atoms with van der Waals surface area (Å²) >= 11 is 0. The second kappa shape index (κ2) is 6.54. The van der Waals surface area contributed by atoms with E-state index < -0.39 is 6.04 Å². The lowest BCUT2D eigenvalue weighted by molar-refractivity contribution is -0.117. The second-order valence-corrected chi connectivity index (χ2v) is 5.65. The van der Waals surface area contributed by atoms with Crippen molar-refractivity contribution in [2.24, 2.45) is 0 Å². The molecule has 6 nitrogen and oxygen atoms in total. The molecule has 0 radical (unpaired) electrons. The van der Waals surface area contributed by atoms with Gasteiger partial charge in [0.05, 0.1) is 11.0 Å². The van der Waals surface area contributed by atoms with Crippen molar-refractivity contribution in [1.82, 2.24) is 15.3 Å². The quantitative estimate of drug-likeness (QED) is 0.690. The Balaban J connectivity index is 1.63. The van der Waals surface area contributed by atoms with Crippen molar-refractivity contribution in [1.29, 1.82) is 0 Å². The highest BCUT2D eigenvalue weighted by molar-refractivity contribution is 6.00. The summed E-state index contributed by atoms with van der Waals surface area (Å²) in [5.41, 5.74) is 3.19. The van der Waals surface area contributed by atoms with E-state index in [4.69, 9.17) is 0 Å². The largest absolute Gasteiger partial charge is 0.341 e. The number of amides is 2. The molecule has 0 fully saturated rings. The molecule has 0 aliphatic rings. The smallest absolute Gasteiger partial charge is 0.251 e. The van der Waals surface area contributed by atoms with E-state index >= 15 is 0 Å². The molecule has 1 aromatic heterocycles. The van der Waals surface area contributed by atoms with E-state index in [1.165, 1.54) is 0 Å². The maximum Gasteiger partial charge on any atom is 0.251 e. The summed E-state index contributed by atoms with van der Waals surface area (Å²) in [6.07, 6.45) is 0. The van der Waals surface area contributed by atoms with Gasteiger partial charge in [0.1, 0.15) is 6.04 Å². The second-order valence-electron chi connectivity index (χ2n) is 5.65. The Kier molecular flexibility index (Phi) is 4.29. The minimum absolute atomic E-state index is 0.290. The number of aryl methyl sites for hydroxylation is 1. The molecule has 0 aliphatic heterocycles. The summed E-state index contributed by atoms with van der Waals surface area (Å²) < 4.78 is 0. The first-order chi connectivity index (χ1) is 11.5. The van der Waals surface area contributed by atoms with Crippen LogP contribution in [-0.2, 0) is 4.79 Å². The zero-order chi connectivity index (χ0) is 17.1. The Bertz CT molecular complexity index is 850. The summed E-state index contributed by atoms with van der Waals surface area (Å²) in [6.45, 7) is 3.58.